The highest BCUT2D eigenvalue weighted by Gasteiger charge is 2.16. The molecular weight excluding hydrogens is 362 g/mol. The number of nitrogens with zero attached hydrogens (tertiary/aromatic N) is 2. The van der Waals surface area contributed by atoms with E-state index in [0.717, 1.165) is 54.2 Å². The largest absolute Gasteiger partial charge is 0.367 e. The van der Waals surface area contributed by atoms with Gasteiger partial charge in [-0.25, -0.2) is 0 Å². The van der Waals surface area contributed by atoms with Crippen LogP contribution >= 0.6 is 0 Å². The van der Waals surface area contributed by atoms with Gasteiger partial charge < -0.3 is 21.3 Å². The summed E-state index contributed by atoms with van der Waals surface area (Å²) in [7, 11) is 0. The zero-order chi connectivity index (χ0) is 20.1. The van der Waals surface area contributed by atoms with E-state index < -0.39 is 0 Å². The van der Waals surface area contributed by atoms with Gasteiger partial charge in [-0.1, -0.05) is 30.3 Å². The van der Waals surface area contributed by atoms with Gasteiger partial charge in [0.05, 0.1) is 17.6 Å². The number of carbonyl (C=O) groups is 1. The Labute approximate surface area is 170 Å². The van der Waals surface area contributed by atoms with E-state index in [1.165, 1.54) is 0 Å². The van der Waals surface area contributed by atoms with Gasteiger partial charge in [-0.3, -0.25) is 9.78 Å². The standard InChI is InChI=1S/C23H25N5O/c24-15-17-2-1-3-20(14-17)18-4-6-19(7-5-18)23(29)27-21-16-26-9-8-22(21)28-12-10-25-11-13-28/h1-9,14,16,25H,10-13,15,24H2,(H,27,29). The number of benzene rings is 2. The van der Waals surface area contributed by atoms with Crippen molar-refractivity contribution in [1.29, 1.82) is 0 Å². The van der Waals surface area contributed by atoms with Crippen LogP contribution in [0.4, 0.5) is 11.4 Å². The third kappa shape index (κ3) is 4.45. The maximum atomic E-state index is 12.8. The predicted octanol–water partition coefficient (Wildman–Crippen LogP) is 2.87. The second kappa shape index (κ2) is 8.86. The lowest BCUT2D eigenvalue weighted by Gasteiger charge is -2.30. The molecule has 1 aliphatic heterocycles. The second-order valence-electron chi connectivity index (χ2n) is 7.07. The first-order valence-corrected chi connectivity index (χ1v) is 9.85. The predicted molar refractivity (Wildman–Crippen MR) is 117 cm³/mol. The van der Waals surface area contributed by atoms with Gasteiger partial charge in [0.1, 0.15) is 0 Å². The van der Waals surface area contributed by atoms with Crippen molar-refractivity contribution in [3.05, 3.63) is 78.1 Å². The molecule has 6 nitrogen and oxygen atoms in total. The summed E-state index contributed by atoms with van der Waals surface area (Å²) in [6, 6.07) is 17.7. The van der Waals surface area contributed by atoms with Crippen molar-refractivity contribution in [2.75, 3.05) is 36.4 Å². The van der Waals surface area contributed by atoms with Gasteiger partial charge in [-0.15, -0.1) is 0 Å². The molecule has 0 bridgehead atoms. The number of anilines is 2. The minimum atomic E-state index is -0.142. The van der Waals surface area contributed by atoms with E-state index in [1.807, 2.05) is 48.5 Å². The van der Waals surface area contributed by atoms with Gasteiger partial charge in [0.25, 0.3) is 5.91 Å². The average molecular weight is 387 g/mol. The number of piperazine rings is 1. The Bertz CT molecular complexity index is 981. The molecule has 2 aromatic carbocycles. The number of pyridine rings is 1. The van der Waals surface area contributed by atoms with Gasteiger partial charge in [-0.2, -0.15) is 0 Å². The lowest BCUT2D eigenvalue weighted by atomic mass is 10.0. The summed E-state index contributed by atoms with van der Waals surface area (Å²) in [4.78, 5) is 19.3. The molecule has 4 N–H and O–H groups in total. The molecule has 1 aliphatic rings. The Balaban J connectivity index is 1.51. The quantitative estimate of drug-likeness (QED) is 0.627. The van der Waals surface area contributed by atoms with Crippen LogP contribution in [-0.2, 0) is 6.54 Å². The summed E-state index contributed by atoms with van der Waals surface area (Å²) in [6.07, 6.45) is 3.47. The minimum absolute atomic E-state index is 0.142. The molecule has 2 heterocycles. The third-order valence-corrected chi connectivity index (χ3v) is 5.15. The summed E-state index contributed by atoms with van der Waals surface area (Å²) in [5, 5.41) is 6.37. The van der Waals surface area contributed by atoms with Crippen LogP contribution in [0.25, 0.3) is 11.1 Å². The smallest absolute Gasteiger partial charge is 0.255 e. The lowest BCUT2D eigenvalue weighted by Crippen LogP contribution is -2.43. The first kappa shape index (κ1) is 19.1. The molecule has 0 aliphatic carbocycles. The van der Waals surface area contributed by atoms with Crippen LogP contribution in [0.15, 0.2) is 67.0 Å². The highest BCUT2D eigenvalue weighted by atomic mass is 16.1. The van der Waals surface area contributed by atoms with Crippen LogP contribution in [0.1, 0.15) is 15.9 Å². The Kier molecular flexibility index (Phi) is 5.84. The summed E-state index contributed by atoms with van der Waals surface area (Å²) < 4.78 is 0. The summed E-state index contributed by atoms with van der Waals surface area (Å²) in [5.41, 5.74) is 11.3. The maximum Gasteiger partial charge on any atom is 0.255 e. The minimum Gasteiger partial charge on any atom is -0.367 e. The monoisotopic (exact) mass is 387 g/mol. The molecule has 0 unspecified atom stereocenters. The van der Waals surface area contributed by atoms with E-state index in [-0.39, 0.29) is 5.91 Å². The molecule has 1 amide bonds. The molecule has 0 radical (unpaired) electrons. The van der Waals surface area contributed by atoms with Crippen molar-refractivity contribution in [2.45, 2.75) is 6.54 Å². The van der Waals surface area contributed by atoms with E-state index in [4.69, 9.17) is 5.73 Å². The van der Waals surface area contributed by atoms with E-state index >= 15 is 0 Å². The van der Waals surface area contributed by atoms with Gasteiger partial charge in [0.2, 0.25) is 0 Å². The van der Waals surface area contributed by atoms with Crippen molar-refractivity contribution in [2.24, 2.45) is 5.73 Å². The molecule has 6 heteroatoms. The first-order chi connectivity index (χ1) is 14.2. The lowest BCUT2D eigenvalue weighted by molar-refractivity contribution is 0.102. The molecule has 0 atom stereocenters. The van der Waals surface area contributed by atoms with Crippen molar-refractivity contribution < 1.29 is 4.79 Å². The fraction of sp³-hybridized carbons (Fsp3) is 0.217. The zero-order valence-corrected chi connectivity index (χ0v) is 16.3. The Morgan fingerprint density at radius 1 is 1.07 bits per heavy atom. The molecule has 1 saturated heterocycles. The topological polar surface area (TPSA) is 83.3 Å². The van der Waals surface area contributed by atoms with Crippen LogP contribution in [0.2, 0.25) is 0 Å². The van der Waals surface area contributed by atoms with Gasteiger partial charge >= 0.3 is 0 Å². The summed E-state index contributed by atoms with van der Waals surface area (Å²) in [5.74, 6) is -0.142. The molecule has 1 aromatic heterocycles. The second-order valence-corrected chi connectivity index (χ2v) is 7.07. The molecule has 0 spiro atoms. The Hall–Kier alpha value is -3.22. The molecule has 29 heavy (non-hydrogen) atoms. The first-order valence-electron chi connectivity index (χ1n) is 9.85. The van der Waals surface area contributed by atoms with E-state index in [0.29, 0.717) is 12.1 Å². The molecule has 4 rings (SSSR count). The number of rotatable bonds is 5. The fourth-order valence-corrected chi connectivity index (χ4v) is 3.55. The van der Waals surface area contributed by atoms with E-state index in [1.54, 1.807) is 12.4 Å². The maximum absolute atomic E-state index is 12.8. The van der Waals surface area contributed by atoms with Gasteiger partial charge in [0.15, 0.2) is 0 Å². The van der Waals surface area contributed by atoms with Crippen LogP contribution in [0.5, 0.6) is 0 Å². The number of nitrogens with two attached hydrogens (primary N) is 1. The number of carbonyl (C=O) groups excluding carboxylic acids is 1. The van der Waals surface area contributed by atoms with Gasteiger partial charge in [-0.05, 0) is 41.0 Å². The van der Waals surface area contributed by atoms with Crippen LogP contribution in [-0.4, -0.2) is 37.1 Å². The Morgan fingerprint density at radius 3 is 2.62 bits per heavy atom. The third-order valence-electron chi connectivity index (χ3n) is 5.15. The Morgan fingerprint density at radius 2 is 1.86 bits per heavy atom. The highest BCUT2D eigenvalue weighted by Crippen LogP contribution is 2.26. The van der Waals surface area contributed by atoms with Crippen molar-refractivity contribution in [3.63, 3.8) is 0 Å². The number of aromatic nitrogens is 1. The number of hydrogen-bond donors (Lipinski definition) is 3. The summed E-state index contributed by atoms with van der Waals surface area (Å²) >= 11 is 0. The highest BCUT2D eigenvalue weighted by molar-refractivity contribution is 6.06. The summed E-state index contributed by atoms with van der Waals surface area (Å²) in [6.45, 7) is 4.19. The normalized spacial score (nSPS) is 13.9. The van der Waals surface area contributed by atoms with Crippen molar-refractivity contribution >= 4 is 17.3 Å². The average Bonchev–Trinajstić information content (AvgIpc) is 2.80. The van der Waals surface area contributed by atoms with Crippen molar-refractivity contribution in [1.82, 2.24) is 10.3 Å². The van der Waals surface area contributed by atoms with E-state index in [9.17, 15) is 4.79 Å². The molecular formula is C23H25N5O. The van der Waals surface area contributed by atoms with Gasteiger partial charge in [0, 0.05) is 44.5 Å². The number of amides is 1. The number of hydrogen-bond acceptors (Lipinski definition) is 5. The van der Waals surface area contributed by atoms with Crippen LogP contribution < -0.4 is 21.3 Å². The molecule has 1 fully saturated rings. The fourth-order valence-electron chi connectivity index (χ4n) is 3.55. The van der Waals surface area contributed by atoms with Crippen LogP contribution in [0.3, 0.4) is 0 Å². The molecule has 148 valence electrons. The van der Waals surface area contributed by atoms with E-state index in [2.05, 4.69) is 26.6 Å². The molecule has 3 aromatic rings. The zero-order valence-electron chi connectivity index (χ0n) is 16.3. The number of nitrogens with one attached hydrogen (secondary N) is 2. The SMILES string of the molecule is NCc1cccc(-c2ccc(C(=O)Nc3cnccc3N3CCNCC3)cc2)c1. The molecule has 0 saturated carbocycles. The van der Waals surface area contributed by atoms with Crippen LogP contribution in [0, 0.1) is 0 Å². The van der Waals surface area contributed by atoms with Crippen molar-refractivity contribution in [3.8, 4) is 11.1 Å².